The van der Waals surface area contributed by atoms with Crippen molar-refractivity contribution in [3.05, 3.63) is 248 Å². The van der Waals surface area contributed by atoms with Crippen molar-refractivity contribution in [3.8, 4) is 11.1 Å². The van der Waals surface area contributed by atoms with Crippen LogP contribution in [0.25, 0.3) is 11.1 Å². The van der Waals surface area contributed by atoms with E-state index in [1.807, 2.05) is 0 Å². The number of anilines is 9. The standard InChI is InChI=1S/C56H41BN4/c1-6-20-40(21-7-1)41-22-18-31-46(38-41)61-52-35-19-34-51-55(52)57(54-48-32-16-17-33-50(48)60(56(54)61)45-29-14-5-15-30-45)49-37-36-47(39-53(49)59(51)44-27-12-4-13-28-44)58(42-23-8-2-9-24-42)43-25-10-3-11-26-43/h1-39,48,50H. The van der Waals surface area contributed by atoms with Gasteiger partial charge in [-0.1, -0.05) is 152 Å². The molecule has 0 saturated carbocycles. The normalized spacial score (nSPS) is 16.9. The highest BCUT2D eigenvalue weighted by molar-refractivity contribution is 6.95. The Bertz CT molecular complexity index is 2960. The van der Waals surface area contributed by atoms with E-state index in [-0.39, 0.29) is 18.7 Å². The molecule has 8 aromatic rings. The van der Waals surface area contributed by atoms with Crippen molar-refractivity contribution in [2.45, 2.75) is 6.04 Å². The highest BCUT2D eigenvalue weighted by atomic mass is 15.4. The maximum Gasteiger partial charge on any atom is 0.250 e. The Morgan fingerprint density at radius 1 is 0.410 bits per heavy atom. The smallest absolute Gasteiger partial charge is 0.250 e. The van der Waals surface area contributed by atoms with Crippen LogP contribution in [0.4, 0.5) is 51.2 Å². The fourth-order valence-electron chi connectivity index (χ4n) is 10.2. The van der Waals surface area contributed by atoms with E-state index >= 15 is 0 Å². The topological polar surface area (TPSA) is 13.0 Å². The predicted octanol–water partition coefficient (Wildman–Crippen LogP) is 12.7. The van der Waals surface area contributed by atoms with E-state index in [1.54, 1.807) is 0 Å². The molecule has 3 heterocycles. The van der Waals surface area contributed by atoms with Crippen molar-refractivity contribution in [1.82, 2.24) is 0 Å². The predicted molar refractivity (Wildman–Crippen MR) is 256 cm³/mol. The van der Waals surface area contributed by atoms with Gasteiger partial charge in [0.05, 0.1) is 6.04 Å². The van der Waals surface area contributed by atoms with Crippen molar-refractivity contribution in [2.75, 3.05) is 19.6 Å². The summed E-state index contributed by atoms with van der Waals surface area (Å²) in [5, 5.41) is 0. The summed E-state index contributed by atoms with van der Waals surface area (Å²) in [7, 11) is 0. The molecule has 61 heavy (non-hydrogen) atoms. The number of benzene rings is 8. The van der Waals surface area contributed by atoms with Crippen LogP contribution in [0, 0.1) is 5.92 Å². The number of hydrogen-bond acceptors (Lipinski definition) is 4. The SMILES string of the molecule is C1=CC2C3=C(N(c4cccc(-c5ccccc5)c4)c4cccc5c4B3c3ccc(N(c4ccccc4)c4ccccc4)cc3N5c3ccccc3)N(c3ccccc3)C2C=C1. The molecule has 8 aromatic carbocycles. The summed E-state index contributed by atoms with van der Waals surface area (Å²) in [6.07, 6.45) is 9.33. The van der Waals surface area contributed by atoms with Gasteiger partial charge in [0, 0.05) is 57.1 Å². The van der Waals surface area contributed by atoms with Crippen LogP contribution in [-0.4, -0.2) is 12.8 Å². The third-order valence-corrected chi connectivity index (χ3v) is 12.7. The van der Waals surface area contributed by atoms with Crippen LogP contribution in [0.5, 0.6) is 0 Å². The molecule has 0 radical (unpaired) electrons. The molecule has 5 heteroatoms. The summed E-state index contributed by atoms with van der Waals surface area (Å²) in [6, 6.07) is 77.4. The Hall–Kier alpha value is -7.76. The van der Waals surface area contributed by atoms with Crippen molar-refractivity contribution >= 4 is 68.8 Å². The average molecular weight is 781 g/mol. The zero-order valence-electron chi connectivity index (χ0n) is 33.5. The molecular weight excluding hydrogens is 739 g/mol. The first-order valence-corrected chi connectivity index (χ1v) is 21.2. The molecule has 2 unspecified atom stereocenters. The summed E-state index contributed by atoms with van der Waals surface area (Å²) in [5.41, 5.74) is 16.8. The highest BCUT2D eigenvalue weighted by Crippen LogP contribution is 2.53. The Labute approximate surface area is 358 Å². The quantitative estimate of drug-likeness (QED) is 0.149. The lowest BCUT2D eigenvalue weighted by molar-refractivity contribution is 0.687. The maximum atomic E-state index is 2.61. The van der Waals surface area contributed by atoms with Gasteiger partial charge in [0.15, 0.2) is 0 Å². The van der Waals surface area contributed by atoms with E-state index in [4.69, 9.17) is 0 Å². The lowest BCUT2D eigenvalue weighted by Gasteiger charge is -2.45. The van der Waals surface area contributed by atoms with Gasteiger partial charge < -0.3 is 14.7 Å². The van der Waals surface area contributed by atoms with Gasteiger partial charge in [-0.05, 0) is 112 Å². The van der Waals surface area contributed by atoms with Crippen LogP contribution in [0.3, 0.4) is 0 Å². The number of hydrogen-bond donors (Lipinski definition) is 0. The second-order valence-electron chi connectivity index (χ2n) is 16.1. The first-order valence-electron chi connectivity index (χ1n) is 21.2. The maximum absolute atomic E-state index is 2.61. The van der Waals surface area contributed by atoms with E-state index in [0.29, 0.717) is 0 Å². The van der Waals surface area contributed by atoms with Crippen LogP contribution >= 0.6 is 0 Å². The molecule has 0 bridgehead atoms. The Balaban J connectivity index is 1.15. The van der Waals surface area contributed by atoms with E-state index in [1.165, 1.54) is 56.1 Å². The second-order valence-corrected chi connectivity index (χ2v) is 16.1. The minimum Gasteiger partial charge on any atom is -0.320 e. The summed E-state index contributed by atoms with van der Waals surface area (Å²) in [4.78, 5) is 10.1. The average Bonchev–Trinajstić information content (AvgIpc) is 3.68. The van der Waals surface area contributed by atoms with Crippen LogP contribution < -0.4 is 30.5 Å². The molecule has 3 aliphatic heterocycles. The summed E-state index contributed by atoms with van der Waals surface area (Å²) in [6.45, 7) is -0.00182. The first kappa shape index (κ1) is 35.2. The Kier molecular flexibility index (Phi) is 8.37. The Morgan fingerprint density at radius 2 is 0.967 bits per heavy atom. The summed E-state index contributed by atoms with van der Waals surface area (Å²) >= 11 is 0. The fraction of sp³-hybridized carbons (Fsp3) is 0.0357. The van der Waals surface area contributed by atoms with Gasteiger partial charge >= 0.3 is 0 Å². The van der Waals surface area contributed by atoms with Gasteiger partial charge in [-0.3, -0.25) is 4.90 Å². The molecule has 0 N–H and O–H groups in total. The molecule has 4 nitrogen and oxygen atoms in total. The van der Waals surface area contributed by atoms with Gasteiger partial charge in [0.1, 0.15) is 5.82 Å². The van der Waals surface area contributed by atoms with Gasteiger partial charge in [-0.25, -0.2) is 0 Å². The Morgan fingerprint density at radius 3 is 1.66 bits per heavy atom. The van der Waals surface area contributed by atoms with E-state index in [0.717, 1.165) is 28.4 Å². The second kappa shape index (κ2) is 14.5. The van der Waals surface area contributed by atoms with Crippen LogP contribution in [0.2, 0.25) is 0 Å². The number of allylic oxidation sites excluding steroid dienone is 2. The monoisotopic (exact) mass is 780 g/mol. The van der Waals surface area contributed by atoms with Crippen molar-refractivity contribution < 1.29 is 0 Å². The molecular formula is C56H41BN4. The molecule has 4 aliphatic rings. The lowest BCUT2D eigenvalue weighted by Crippen LogP contribution is -2.56. The minimum absolute atomic E-state index is 0.00182. The number of rotatable bonds is 7. The molecule has 0 aromatic heterocycles. The molecule has 0 fully saturated rings. The summed E-state index contributed by atoms with van der Waals surface area (Å²) in [5.74, 6) is 1.38. The van der Waals surface area contributed by atoms with E-state index in [2.05, 4.69) is 256 Å². The van der Waals surface area contributed by atoms with Crippen molar-refractivity contribution in [2.24, 2.45) is 5.92 Å². The van der Waals surface area contributed by atoms with Gasteiger partial charge in [-0.15, -0.1) is 0 Å². The largest absolute Gasteiger partial charge is 0.320 e. The number of nitrogens with zero attached hydrogens (tertiary/aromatic N) is 4. The zero-order chi connectivity index (χ0) is 40.3. The van der Waals surface area contributed by atoms with Crippen LogP contribution in [0.15, 0.2) is 248 Å². The van der Waals surface area contributed by atoms with Crippen LogP contribution in [0.1, 0.15) is 0 Å². The number of fused-ring (bicyclic) bond motifs is 5. The molecule has 288 valence electrons. The highest BCUT2D eigenvalue weighted by Gasteiger charge is 2.53. The third-order valence-electron chi connectivity index (χ3n) is 12.7. The van der Waals surface area contributed by atoms with Gasteiger partial charge in [0.2, 0.25) is 6.71 Å². The molecule has 2 atom stereocenters. The van der Waals surface area contributed by atoms with E-state index in [9.17, 15) is 0 Å². The number of para-hydroxylation sites is 4. The van der Waals surface area contributed by atoms with Gasteiger partial charge in [0.25, 0.3) is 0 Å². The van der Waals surface area contributed by atoms with E-state index < -0.39 is 0 Å². The van der Waals surface area contributed by atoms with Gasteiger partial charge in [-0.2, -0.15) is 0 Å². The first-order chi connectivity index (χ1) is 30.3. The molecule has 0 amide bonds. The molecule has 1 aliphatic carbocycles. The molecule has 0 saturated heterocycles. The molecule has 12 rings (SSSR count). The fourth-order valence-corrected chi connectivity index (χ4v) is 10.2. The zero-order valence-corrected chi connectivity index (χ0v) is 33.5. The van der Waals surface area contributed by atoms with Crippen molar-refractivity contribution in [1.29, 1.82) is 0 Å². The lowest BCUT2D eigenvalue weighted by atomic mass is 9.31. The summed E-state index contributed by atoms with van der Waals surface area (Å²) < 4.78 is 0. The molecule has 0 spiro atoms. The van der Waals surface area contributed by atoms with Crippen molar-refractivity contribution in [3.63, 3.8) is 0 Å². The minimum atomic E-state index is -0.00182. The van der Waals surface area contributed by atoms with Crippen LogP contribution in [-0.2, 0) is 0 Å². The third kappa shape index (κ3) is 5.69.